The van der Waals surface area contributed by atoms with Gasteiger partial charge in [-0.1, -0.05) is 37.8 Å². The molecule has 2 heterocycles. The molecule has 6 heteroatoms. The van der Waals surface area contributed by atoms with E-state index in [1.165, 1.54) is 3.97 Å². The Hall–Kier alpha value is -1.92. The lowest BCUT2D eigenvalue weighted by Crippen LogP contribution is -2.44. The lowest BCUT2D eigenvalue weighted by Gasteiger charge is -2.20. The summed E-state index contributed by atoms with van der Waals surface area (Å²) in [6.45, 7) is 6.43. The van der Waals surface area contributed by atoms with Crippen LogP contribution in [0.15, 0.2) is 59.8 Å². The van der Waals surface area contributed by atoms with E-state index in [1.807, 2.05) is 12.1 Å². The van der Waals surface area contributed by atoms with Gasteiger partial charge in [0.2, 0.25) is 0 Å². The molecule has 1 aromatic carbocycles. The minimum Gasteiger partial charge on any atom is -0.264 e. The summed E-state index contributed by atoms with van der Waals surface area (Å²) in [6.07, 6.45) is 3.35. The van der Waals surface area contributed by atoms with Gasteiger partial charge in [0.15, 0.2) is 0 Å². The number of rotatable bonds is 3. The molecule has 0 fully saturated rings. The molecular formula is C16H18N2O2SSi. The second kappa shape index (κ2) is 5.07. The quantitative estimate of drug-likeness (QED) is 0.694. The molecule has 0 amide bonds. The first-order chi connectivity index (χ1) is 10.3. The number of aromatic nitrogens is 2. The van der Waals surface area contributed by atoms with Crippen LogP contribution in [-0.4, -0.2) is 25.4 Å². The predicted octanol–water partition coefficient (Wildman–Crippen LogP) is 2.82. The molecule has 22 heavy (non-hydrogen) atoms. The Morgan fingerprint density at radius 2 is 1.73 bits per heavy atom. The molecule has 0 N–H and O–H groups in total. The maximum atomic E-state index is 13.1. The van der Waals surface area contributed by atoms with Crippen molar-refractivity contribution in [1.29, 1.82) is 0 Å². The minimum atomic E-state index is -3.61. The Kier molecular flexibility index (Phi) is 3.45. The molecule has 2 aromatic heterocycles. The number of hydrogen-bond donors (Lipinski definition) is 0. The number of hydrogen-bond acceptors (Lipinski definition) is 3. The highest BCUT2D eigenvalue weighted by atomic mass is 32.2. The van der Waals surface area contributed by atoms with Crippen molar-refractivity contribution in [2.24, 2.45) is 0 Å². The molecule has 3 rings (SSSR count). The monoisotopic (exact) mass is 330 g/mol. The van der Waals surface area contributed by atoms with Crippen molar-refractivity contribution in [2.45, 2.75) is 24.5 Å². The van der Waals surface area contributed by atoms with Crippen LogP contribution in [0.25, 0.3) is 10.9 Å². The standard InChI is InChI=1S/C16H18N2O2SSi/c1-22(2,3)16-11-13-12-17-10-9-15(13)18(16)21(19,20)14-7-5-4-6-8-14/h4-12H,1-3H3. The van der Waals surface area contributed by atoms with Crippen LogP contribution >= 0.6 is 0 Å². The first kappa shape index (κ1) is 15.0. The van der Waals surface area contributed by atoms with Crippen molar-refractivity contribution in [2.75, 3.05) is 0 Å². The van der Waals surface area contributed by atoms with Crippen LogP contribution in [-0.2, 0) is 10.0 Å². The maximum Gasteiger partial charge on any atom is 0.268 e. The van der Waals surface area contributed by atoms with Crippen molar-refractivity contribution < 1.29 is 8.42 Å². The molecule has 0 saturated heterocycles. The van der Waals surface area contributed by atoms with Gasteiger partial charge in [0, 0.05) is 23.1 Å². The van der Waals surface area contributed by atoms with Crippen LogP contribution in [0.5, 0.6) is 0 Å². The third-order valence-electron chi connectivity index (χ3n) is 3.61. The number of benzene rings is 1. The van der Waals surface area contributed by atoms with Gasteiger partial charge in [-0.15, -0.1) is 0 Å². The fraction of sp³-hybridized carbons (Fsp3) is 0.188. The summed E-state index contributed by atoms with van der Waals surface area (Å²) in [5.41, 5.74) is 0.691. The van der Waals surface area contributed by atoms with Gasteiger partial charge in [0.05, 0.1) is 10.4 Å². The van der Waals surface area contributed by atoms with E-state index in [1.54, 1.807) is 42.7 Å². The van der Waals surface area contributed by atoms with Crippen LogP contribution in [0.1, 0.15) is 0 Å². The Balaban J connectivity index is 2.39. The van der Waals surface area contributed by atoms with E-state index in [2.05, 4.69) is 24.6 Å². The van der Waals surface area contributed by atoms with Crippen LogP contribution < -0.4 is 5.32 Å². The van der Waals surface area contributed by atoms with E-state index < -0.39 is 18.1 Å². The maximum absolute atomic E-state index is 13.1. The molecule has 0 bridgehead atoms. The highest BCUT2D eigenvalue weighted by molar-refractivity contribution is 7.90. The molecule has 0 atom stereocenters. The van der Waals surface area contributed by atoms with E-state index in [4.69, 9.17) is 0 Å². The van der Waals surface area contributed by atoms with Gasteiger partial charge < -0.3 is 0 Å². The average molecular weight is 330 g/mol. The van der Waals surface area contributed by atoms with Crippen molar-refractivity contribution >= 4 is 34.3 Å². The average Bonchev–Trinajstić information content (AvgIpc) is 2.88. The van der Waals surface area contributed by atoms with Gasteiger partial charge in [-0.25, -0.2) is 12.4 Å². The zero-order valence-corrected chi connectivity index (χ0v) is 14.6. The Bertz CT molecular complexity index is 926. The number of fused-ring (bicyclic) bond motifs is 1. The topological polar surface area (TPSA) is 52.0 Å². The van der Waals surface area contributed by atoms with Gasteiger partial charge in [-0.3, -0.25) is 4.98 Å². The minimum absolute atomic E-state index is 0.309. The van der Waals surface area contributed by atoms with Gasteiger partial charge in [0.25, 0.3) is 10.0 Å². The van der Waals surface area contributed by atoms with Crippen molar-refractivity contribution in [3.05, 3.63) is 54.9 Å². The second-order valence-corrected chi connectivity index (χ2v) is 13.1. The molecule has 0 aliphatic rings. The molecule has 0 unspecified atom stereocenters. The Morgan fingerprint density at radius 1 is 1.05 bits per heavy atom. The van der Waals surface area contributed by atoms with Crippen LogP contribution in [0, 0.1) is 0 Å². The van der Waals surface area contributed by atoms with E-state index in [0.717, 1.165) is 10.7 Å². The van der Waals surface area contributed by atoms with Crippen LogP contribution in [0.2, 0.25) is 19.6 Å². The molecule has 0 spiro atoms. The molecule has 114 valence electrons. The van der Waals surface area contributed by atoms with Crippen molar-refractivity contribution in [3.63, 3.8) is 0 Å². The SMILES string of the molecule is C[Si](C)(C)c1cc2cnccc2n1S(=O)(=O)c1ccccc1. The lowest BCUT2D eigenvalue weighted by molar-refractivity contribution is 0.590. The zero-order valence-electron chi connectivity index (χ0n) is 12.8. The molecule has 0 radical (unpaired) electrons. The first-order valence-electron chi connectivity index (χ1n) is 7.08. The van der Waals surface area contributed by atoms with Crippen LogP contribution in [0.4, 0.5) is 0 Å². The summed E-state index contributed by atoms with van der Waals surface area (Å²) >= 11 is 0. The third kappa shape index (κ3) is 2.38. The highest BCUT2D eigenvalue weighted by Gasteiger charge is 2.29. The van der Waals surface area contributed by atoms with Crippen molar-refractivity contribution in [3.8, 4) is 0 Å². The Morgan fingerprint density at radius 3 is 2.36 bits per heavy atom. The smallest absolute Gasteiger partial charge is 0.264 e. The number of nitrogens with zero attached hydrogens (tertiary/aromatic N) is 2. The Labute approximate surface area is 131 Å². The van der Waals surface area contributed by atoms with Gasteiger partial charge in [0.1, 0.15) is 8.07 Å². The fourth-order valence-corrected chi connectivity index (χ4v) is 6.46. The van der Waals surface area contributed by atoms with Crippen molar-refractivity contribution in [1.82, 2.24) is 8.96 Å². The largest absolute Gasteiger partial charge is 0.268 e. The second-order valence-electron chi connectivity index (χ2n) is 6.30. The van der Waals surface area contributed by atoms with E-state index in [-0.39, 0.29) is 0 Å². The predicted molar refractivity (Wildman–Crippen MR) is 91.7 cm³/mol. The summed E-state index contributed by atoms with van der Waals surface area (Å²) in [7, 11) is -5.46. The zero-order chi connectivity index (χ0) is 16.0. The summed E-state index contributed by atoms with van der Waals surface area (Å²) in [5.74, 6) is 0. The van der Waals surface area contributed by atoms with E-state index in [9.17, 15) is 8.42 Å². The van der Waals surface area contributed by atoms with Gasteiger partial charge in [-0.05, 0) is 24.3 Å². The normalized spacial score (nSPS) is 12.7. The lowest BCUT2D eigenvalue weighted by atomic mass is 10.3. The molecule has 3 aromatic rings. The van der Waals surface area contributed by atoms with Crippen LogP contribution in [0.3, 0.4) is 0 Å². The molecule has 0 aliphatic heterocycles. The molecule has 4 nitrogen and oxygen atoms in total. The van der Waals surface area contributed by atoms with E-state index >= 15 is 0 Å². The summed E-state index contributed by atoms with van der Waals surface area (Å²) < 4.78 is 27.8. The summed E-state index contributed by atoms with van der Waals surface area (Å²) in [5, 5.41) is 1.75. The first-order valence-corrected chi connectivity index (χ1v) is 12.0. The fourth-order valence-electron chi connectivity index (χ4n) is 2.51. The highest BCUT2D eigenvalue weighted by Crippen LogP contribution is 2.22. The molecular weight excluding hydrogens is 312 g/mol. The molecule has 0 saturated carbocycles. The number of pyridine rings is 1. The van der Waals surface area contributed by atoms with Gasteiger partial charge >= 0.3 is 0 Å². The summed E-state index contributed by atoms with van der Waals surface area (Å²) in [4.78, 5) is 4.42. The molecule has 0 aliphatic carbocycles. The van der Waals surface area contributed by atoms with E-state index in [0.29, 0.717) is 10.4 Å². The van der Waals surface area contributed by atoms with Gasteiger partial charge in [-0.2, -0.15) is 0 Å². The summed E-state index contributed by atoms with van der Waals surface area (Å²) in [6, 6.07) is 12.3. The third-order valence-corrected chi connectivity index (χ3v) is 7.42.